The molecule has 1 aromatic carbocycles. The molecule has 1 amide bonds. The highest BCUT2D eigenvalue weighted by Gasteiger charge is 2.11. The number of aromatic nitrogens is 2. The van der Waals surface area contributed by atoms with Crippen molar-refractivity contribution in [2.45, 2.75) is 20.4 Å². The van der Waals surface area contributed by atoms with Gasteiger partial charge in [-0.25, -0.2) is 9.97 Å². The second-order valence-electron chi connectivity index (χ2n) is 5.47. The Morgan fingerprint density at radius 2 is 2.08 bits per heavy atom. The minimum absolute atomic E-state index is 0.271. The van der Waals surface area contributed by atoms with Crippen LogP contribution in [0.3, 0.4) is 0 Å². The van der Waals surface area contributed by atoms with Crippen LogP contribution in [-0.4, -0.2) is 15.9 Å². The lowest BCUT2D eigenvalue weighted by Crippen LogP contribution is -2.16. The molecule has 0 bridgehead atoms. The van der Waals surface area contributed by atoms with Gasteiger partial charge in [-0.3, -0.25) is 4.79 Å². The molecule has 3 rings (SSSR count). The summed E-state index contributed by atoms with van der Waals surface area (Å²) in [5.41, 5.74) is 3.16. The number of benzene rings is 1. The Bertz CT molecular complexity index is 844. The average molecular weight is 322 g/mol. The molecule has 0 unspecified atom stereocenters. The summed E-state index contributed by atoms with van der Waals surface area (Å²) in [6.07, 6.45) is 3.15. The van der Waals surface area contributed by atoms with Crippen molar-refractivity contribution in [3.8, 4) is 0 Å². The van der Waals surface area contributed by atoms with E-state index < -0.39 is 0 Å². The van der Waals surface area contributed by atoms with Crippen LogP contribution in [0.2, 0.25) is 0 Å². The minimum atomic E-state index is -0.271. The fourth-order valence-electron chi connectivity index (χ4n) is 2.21. The van der Waals surface area contributed by atoms with Gasteiger partial charge in [0.1, 0.15) is 11.5 Å². The lowest BCUT2D eigenvalue weighted by atomic mass is 10.1. The third kappa shape index (κ3) is 3.78. The second kappa shape index (κ2) is 6.95. The van der Waals surface area contributed by atoms with E-state index in [9.17, 15) is 4.79 Å². The number of carbonyl (C=O) groups is 1. The van der Waals surface area contributed by atoms with E-state index in [1.54, 1.807) is 18.5 Å². The molecule has 0 aliphatic heterocycles. The summed E-state index contributed by atoms with van der Waals surface area (Å²) in [4.78, 5) is 20.8. The smallest absolute Gasteiger partial charge is 0.274 e. The van der Waals surface area contributed by atoms with Gasteiger partial charge in [-0.1, -0.05) is 12.1 Å². The molecule has 0 saturated carbocycles. The molecule has 122 valence electrons. The molecular formula is C18H18N4O2. The first-order valence-corrected chi connectivity index (χ1v) is 7.60. The molecule has 0 spiro atoms. The molecule has 0 fully saturated rings. The first-order chi connectivity index (χ1) is 11.6. The topological polar surface area (TPSA) is 80.0 Å². The highest BCUT2D eigenvalue weighted by atomic mass is 16.3. The number of hydrogen-bond donors (Lipinski definition) is 2. The molecule has 3 aromatic rings. The van der Waals surface area contributed by atoms with Crippen LogP contribution in [0, 0.1) is 13.8 Å². The number of amides is 1. The predicted octanol–water partition coefficient (Wildman–Crippen LogP) is 3.55. The van der Waals surface area contributed by atoms with Crippen LogP contribution in [0.15, 0.2) is 53.3 Å². The maximum Gasteiger partial charge on any atom is 0.274 e. The SMILES string of the molecule is Cc1ccc(C)c(NC(=O)c2ccnc(NCc3ccco3)n2)c1. The van der Waals surface area contributed by atoms with Crippen molar-refractivity contribution in [2.75, 3.05) is 10.6 Å². The average Bonchev–Trinajstić information content (AvgIpc) is 3.10. The zero-order chi connectivity index (χ0) is 16.9. The fraction of sp³-hybridized carbons (Fsp3) is 0.167. The number of aryl methyl sites for hydroxylation is 2. The van der Waals surface area contributed by atoms with E-state index in [1.807, 2.05) is 44.2 Å². The summed E-state index contributed by atoms with van der Waals surface area (Å²) >= 11 is 0. The summed E-state index contributed by atoms with van der Waals surface area (Å²) in [7, 11) is 0. The van der Waals surface area contributed by atoms with Gasteiger partial charge in [0.25, 0.3) is 5.91 Å². The third-order valence-corrected chi connectivity index (χ3v) is 3.53. The molecule has 2 heterocycles. The first kappa shape index (κ1) is 15.7. The second-order valence-corrected chi connectivity index (χ2v) is 5.47. The van der Waals surface area contributed by atoms with Crippen LogP contribution >= 0.6 is 0 Å². The summed E-state index contributed by atoms with van der Waals surface area (Å²) < 4.78 is 5.24. The van der Waals surface area contributed by atoms with Crippen LogP contribution < -0.4 is 10.6 Å². The number of nitrogens with one attached hydrogen (secondary N) is 2. The Labute approximate surface area is 140 Å². The van der Waals surface area contributed by atoms with Gasteiger partial charge < -0.3 is 15.1 Å². The summed E-state index contributed by atoms with van der Waals surface area (Å²) in [6.45, 7) is 4.39. The molecule has 24 heavy (non-hydrogen) atoms. The number of hydrogen-bond acceptors (Lipinski definition) is 5. The zero-order valence-corrected chi connectivity index (χ0v) is 13.5. The molecule has 2 aromatic heterocycles. The van der Waals surface area contributed by atoms with Crippen molar-refractivity contribution >= 4 is 17.5 Å². The van der Waals surface area contributed by atoms with Crippen LogP contribution in [-0.2, 0) is 6.54 Å². The molecule has 2 N–H and O–H groups in total. The van der Waals surface area contributed by atoms with Gasteiger partial charge in [0, 0.05) is 11.9 Å². The molecule has 0 atom stereocenters. The van der Waals surface area contributed by atoms with Crippen molar-refractivity contribution in [1.82, 2.24) is 9.97 Å². The van der Waals surface area contributed by atoms with Crippen molar-refractivity contribution in [3.05, 3.63) is 71.4 Å². The summed E-state index contributed by atoms with van der Waals surface area (Å²) in [5, 5.41) is 5.92. The van der Waals surface area contributed by atoms with E-state index in [4.69, 9.17) is 4.42 Å². The monoisotopic (exact) mass is 322 g/mol. The standard InChI is InChI=1S/C18H18N4O2/c1-12-5-6-13(2)16(10-12)21-17(23)15-7-8-19-18(22-15)20-11-14-4-3-9-24-14/h3-10H,11H2,1-2H3,(H,21,23)(H,19,20,22). The molecule has 6 nitrogen and oxygen atoms in total. The number of furan rings is 1. The number of anilines is 2. The zero-order valence-electron chi connectivity index (χ0n) is 13.5. The Balaban J connectivity index is 1.70. The Hall–Kier alpha value is -3.15. The normalized spacial score (nSPS) is 10.4. The maximum atomic E-state index is 12.4. The van der Waals surface area contributed by atoms with E-state index in [0.717, 1.165) is 22.6 Å². The Morgan fingerprint density at radius 3 is 2.88 bits per heavy atom. The first-order valence-electron chi connectivity index (χ1n) is 7.60. The summed E-state index contributed by atoms with van der Waals surface area (Å²) in [6, 6.07) is 11.2. The molecular weight excluding hydrogens is 304 g/mol. The molecule has 0 aliphatic carbocycles. The van der Waals surface area contributed by atoms with E-state index in [0.29, 0.717) is 18.2 Å². The van der Waals surface area contributed by atoms with Gasteiger partial charge in [0.2, 0.25) is 5.95 Å². The van der Waals surface area contributed by atoms with Gasteiger partial charge >= 0.3 is 0 Å². The third-order valence-electron chi connectivity index (χ3n) is 3.53. The maximum absolute atomic E-state index is 12.4. The van der Waals surface area contributed by atoms with Crippen LogP contribution in [0.25, 0.3) is 0 Å². The van der Waals surface area contributed by atoms with Crippen molar-refractivity contribution < 1.29 is 9.21 Å². The number of rotatable bonds is 5. The van der Waals surface area contributed by atoms with Crippen LogP contribution in [0.1, 0.15) is 27.4 Å². The van der Waals surface area contributed by atoms with E-state index >= 15 is 0 Å². The lowest BCUT2D eigenvalue weighted by molar-refractivity contribution is 0.102. The minimum Gasteiger partial charge on any atom is -0.467 e. The Morgan fingerprint density at radius 1 is 1.21 bits per heavy atom. The molecule has 0 saturated heterocycles. The number of nitrogens with zero attached hydrogens (tertiary/aromatic N) is 2. The van der Waals surface area contributed by atoms with Gasteiger partial charge in [0.05, 0.1) is 12.8 Å². The largest absolute Gasteiger partial charge is 0.467 e. The van der Waals surface area contributed by atoms with E-state index in [-0.39, 0.29) is 5.91 Å². The van der Waals surface area contributed by atoms with Crippen LogP contribution in [0.5, 0.6) is 0 Å². The highest BCUT2D eigenvalue weighted by molar-refractivity contribution is 6.03. The van der Waals surface area contributed by atoms with Gasteiger partial charge in [-0.05, 0) is 49.2 Å². The van der Waals surface area contributed by atoms with E-state index in [1.165, 1.54) is 0 Å². The quantitative estimate of drug-likeness (QED) is 0.751. The Kier molecular flexibility index (Phi) is 4.56. The molecule has 0 radical (unpaired) electrons. The molecule has 0 aliphatic rings. The van der Waals surface area contributed by atoms with Crippen molar-refractivity contribution in [2.24, 2.45) is 0 Å². The fourth-order valence-corrected chi connectivity index (χ4v) is 2.21. The molecule has 6 heteroatoms. The van der Waals surface area contributed by atoms with Crippen molar-refractivity contribution in [1.29, 1.82) is 0 Å². The van der Waals surface area contributed by atoms with Gasteiger partial charge in [0.15, 0.2) is 0 Å². The van der Waals surface area contributed by atoms with Crippen molar-refractivity contribution in [3.63, 3.8) is 0 Å². The summed E-state index contributed by atoms with van der Waals surface area (Å²) in [5.74, 6) is 0.871. The van der Waals surface area contributed by atoms with Gasteiger partial charge in [-0.2, -0.15) is 0 Å². The lowest BCUT2D eigenvalue weighted by Gasteiger charge is -2.09. The predicted molar refractivity (Wildman–Crippen MR) is 91.9 cm³/mol. The van der Waals surface area contributed by atoms with Crippen LogP contribution in [0.4, 0.5) is 11.6 Å². The van der Waals surface area contributed by atoms with Gasteiger partial charge in [-0.15, -0.1) is 0 Å². The number of carbonyl (C=O) groups excluding carboxylic acids is 1. The van der Waals surface area contributed by atoms with E-state index in [2.05, 4.69) is 20.6 Å². The highest BCUT2D eigenvalue weighted by Crippen LogP contribution is 2.17.